The second kappa shape index (κ2) is 8.39. The van der Waals surface area contributed by atoms with E-state index in [2.05, 4.69) is 89.6 Å². The van der Waals surface area contributed by atoms with Crippen LogP contribution in [0.1, 0.15) is 18.1 Å². The van der Waals surface area contributed by atoms with E-state index in [1.165, 1.54) is 32.9 Å². The van der Waals surface area contributed by atoms with Crippen LogP contribution >= 0.6 is 12.4 Å². The minimum Gasteiger partial charge on any atom is -0.341 e. The molecule has 0 aliphatic heterocycles. The van der Waals surface area contributed by atoms with Crippen molar-refractivity contribution in [1.29, 1.82) is 0 Å². The van der Waals surface area contributed by atoms with E-state index in [0.29, 0.717) is 0 Å². The number of benzene rings is 3. The average molecular weight is 365 g/mol. The molecule has 0 saturated carbocycles. The van der Waals surface area contributed by atoms with E-state index in [0.717, 1.165) is 26.1 Å². The Kier molecular flexibility index (Phi) is 5.97. The Morgan fingerprint density at radius 1 is 0.769 bits per heavy atom. The van der Waals surface area contributed by atoms with Gasteiger partial charge in [-0.25, -0.2) is 0 Å². The van der Waals surface area contributed by atoms with E-state index in [4.69, 9.17) is 0 Å². The summed E-state index contributed by atoms with van der Waals surface area (Å²) in [4.78, 5) is 0. The summed E-state index contributed by atoms with van der Waals surface area (Å²) in [5, 5.41) is 6.29. The van der Waals surface area contributed by atoms with Gasteiger partial charge in [-0.15, -0.1) is 12.4 Å². The quantitative estimate of drug-likeness (QED) is 0.442. The van der Waals surface area contributed by atoms with Gasteiger partial charge in [-0.05, 0) is 49.2 Å². The molecule has 4 rings (SSSR count). The molecule has 134 valence electrons. The van der Waals surface area contributed by atoms with Gasteiger partial charge in [0.2, 0.25) is 0 Å². The predicted octanol–water partition coefficient (Wildman–Crippen LogP) is 5.57. The highest BCUT2D eigenvalue weighted by atomic mass is 35.5. The van der Waals surface area contributed by atoms with Crippen molar-refractivity contribution in [1.82, 2.24) is 9.88 Å². The zero-order valence-electron chi connectivity index (χ0n) is 15.1. The number of nitrogens with one attached hydrogen (secondary N) is 1. The number of fused-ring (bicyclic) bond motifs is 3. The summed E-state index contributed by atoms with van der Waals surface area (Å²) < 4.78 is 2.40. The molecule has 0 aliphatic carbocycles. The Balaban J connectivity index is 0.00000196. The van der Waals surface area contributed by atoms with Crippen LogP contribution in [0.5, 0.6) is 0 Å². The van der Waals surface area contributed by atoms with Crippen molar-refractivity contribution < 1.29 is 0 Å². The van der Waals surface area contributed by atoms with Gasteiger partial charge in [-0.2, -0.15) is 0 Å². The molecule has 0 fully saturated rings. The molecule has 0 bridgehead atoms. The smallest absolute Gasteiger partial charge is 0.0491 e. The summed E-state index contributed by atoms with van der Waals surface area (Å²) >= 11 is 0. The van der Waals surface area contributed by atoms with Crippen molar-refractivity contribution in [3.8, 4) is 0 Å². The average Bonchev–Trinajstić information content (AvgIpc) is 2.99. The molecule has 26 heavy (non-hydrogen) atoms. The predicted molar refractivity (Wildman–Crippen MR) is 114 cm³/mol. The van der Waals surface area contributed by atoms with Gasteiger partial charge in [-0.1, -0.05) is 54.6 Å². The van der Waals surface area contributed by atoms with Crippen LogP contribution in [0, 0.1) is 0 Å². The normalized spacial score (nSPS) is 11.0. The van der Waals surface area contributed by atoms with Crippen LogP contribution in [0.2, 0.25) is 0 Å². The molecule has 0 aliphatic rings. The highest BCUT2D eigenvalue weighted by molar-refractivity contribution is 6.08. The highest BCUT2D eigenvalue weighted by Gasteiger charge is 2.09. The van der Waals surface area contributed by atoms with Crippen LogP contribution in [0.25, 0.3) is 21.8 Å². The Labute approximate surface area is 161 Å². The lowest BCUT2D eigenvalue weighted by atomic mass is 10.1. The van der Waals surface area contributed by atoms with Crippen LogP contribution in [-0.2, 0) is 19.5 Å². The minimum atomic E-state index is 0. The Bertz CT molecular complexity index is 989. The number of aryl methyl sites for hydroxylation is 1. The third-order valence-electron chi connectivity index (χ3n) is 4.92. The second-order valence-corrected chi connectivity index (χ2v) is 6.53. The number of halogens is 1. The van der Waals surface area contributed by atoms with Crippen LogP contribution in [0.15, 0.2) is 72.8 Å². The molecule has 0 saturated heterocycles. The minimum absolute atomic E-state index is 0. The van der Waals surface area contributed by atoms with Gasteiger partial charge in [0.1, 0.15) is 0 Å². The Morgan fingerprint density at radius 3 is 2.31 bits per heavy atom. The van der Waals surface area contributed by atoms with Crippen molar-refractivity contribution in [3.63, 3.8) is 0 Å². The van der Waals surface area contributed by atoms with E-state index in [9.17, 15) is 0 Å². The molecule has 1 aromatic heterocycles. The van der Waals surface area contributed by atoms with E-state index < -0.39 is 0 Å². The molecule has 4 aromatic rings. The summed E-state index contributed by atoms with van der Waals surface area (Å²) in [5.74, 6) is 0. The summed E-state index contributed by atoms with van der Waals surface area (Å²) in [7, 11) is 0. The van der Waals surface area contributed by atoms with Crippen molar-refractivity contribution >= 4 is 34.2 Å². The van der Waals surface area contributed by atoms with Gasteiger partial charge in [0, 0.05) is 34.9 Å². The van der Waals surface area contributed by atoms with Crippen molar-refractivity contribution in [2.75, 3.05) is 6.54 Å². The maximum absolute atomic E-state index is 3.58. The number of aromatic nitrogens is 1. The fraction of sp³-hybridized carbons (Fsp3) is 0.217. The number of para-hydroxylation sites is 1. The topological polar surface area (TPSA) is 17.0 Å². The first-order chi connectivity index (χ1) is 12.4. The molecular weight excluding hydrogens is 340 g/mol. The first kappa shape index (κ1) is 18.5. The lowest BCUT2D eigenvalue weighted by Gasteiger charge is -2.07. The third-order valence-corrected chi connectivity index (χ3v) is 4.92. The Hall–Kier alpha value is -2.29. The standard InChI is InChI=1S/C23H24N2.ClH/c1-2-25-22-11-7-6-10-20(22)21-16-19(12-13-23(21)25)17-24-15-14-18-8-4-3-5-9-18;/h3-13,16,24H,2,14-15,17H2,1H3;1H. The molecule has 0 radical (unpaired) electrons. The lowest BCUT2D eigenvalue weighted by molar-refractivity contribution is 0.687. The van der Waals surface area contributed by atoms with Crippen LogP contribution in [-0.4, -0.2) is 11.1 Å². The van der Waals surface area contributed by atoms with E-state index in [1.54, 1.807) is 0 Å². The molecular formula is C23H25ClN2. The fourth-order valence-corrected chi connectivity index (χ4v) is 3.66. The van der Waals surface area contributed by atoms with Crippen molar-refractivity contribution in [2.45, 2.75) is 26.4 Å². The van der Waals surface area contributed by atoms with Gasteiger partial charge < -0.3 is 9.88 Å². The van der Waals surface area contributed by atoms with E-state index in [1.807, 2.05) is 0 Å². The molecule has 0 atom stereocenters. The largest absolute Gasteiger partial charge is 0.341 e. The summed E-state index contributed by atoms with van der Waals surface area (Å²) in [6.45, 7) is 5.12. The van der Waals surface area contributed by atoms with Gasteiger partial charge in [0.05, 0.1) is 0 Å². The fourth-order valence-electron chi connectivity index (χ4n) is 3.66. The molecule has 0 spiro atoms. The highest BCUT2D eigenvalue weighted by Crippen LogP contribution is 2.29. The van der Waals surface area contributed by atoms with E-state index >= 15 is 0 Å². The Morgan fingerprint density at radius 2 is 1.50 bits per heavy atom. The summed E-state index contributed by atoms with van der Waals surface area (Å²) in [5.41, 5.74) is 5.39. The van der Waals surface area contributed by atoms with Gasteiger partial charge >= 0.3 is 0 Å². The lowest BCUT2D eigenvalue weighted by Crippen LogP contribution is -2.16. The van der Waals surface area contributed by atoms with Crippen molar-refractivity contribution in [2.24, 2.45) is 0 Å². The van der Waals surface area contributed by atoms with Crippen LogP contribution < -0.4 is 5.32 Å². The first-order valence-corrected chi connectivity index (χ1v) is 9.11. The maximum atomic E-state index is 3.58. The zero-order chi connectivity index (χ0) is 17.1. The van der Waals surface area contributed by atoms with Crippen LogP contribution in [0.3, 0.4) is 0 Å². The van der Waals surface area contributed by atoms with Crippen molar-refractivity contribution in [3.05, 3.63) is 83.9 Å². The number of nitrogens with zero attached hydrogens (tertiary/aromatic N) is 1. The SMILES string of the molecule is CCn1c2ccccc2c2cc(CNCCc3ccccc3)ccc21.Cl. The molecule has 2 nitrogen and oxygen atoms in total. The van der Waals surface area contributed by atoms with Gasteiger partial charge in [-0.3, -0.25) is 0 Å². The summed E-state index contributed by atoms with van der Waals surface area (Å²) in [6.07, 6.45) is 1.07. The second-order valence-electron chi connectivity index (χ2n) is 6.53. The maximum Gasteiger partial charge on any atom is 0.0491 e. The van der Waals surface area contributed by atoms with E-state index in [-0.39, 0.29) is 12.4 Å². The van der Waals surface area contributed by atoms with Crippen LogP contribution in [0.4, 0.5) is 0 Å². The third kappa shape index (κ3) is 3.62. The molecule has 3 heteroatoms. The monoisotopic (exact) mass is 364 g/mol. The number of hydrogen-bond donors (Lipinski definition) is 1. The molecule has 0 unspecified atom stereocenters. The van der Waals surface area contributed by atoms with Gasteiger partial charge in [0.15, 0.2) is 0 Å². The molecule has 1 N–H and O–H groups in total. The molecule has 0 amide bonds. The number of hydrogen-bond acceptors (Lipinski definition) is 1. The summed E-state index contributed by atoms with van der Waals surface area (Å²) in [6, 6.07) is 26.2. The molecule has 1 heterocycles. The van der Waals surface area contributed by atoms with Gasteiger partial charge in [0.25, 0.3) is 0 Å². The zero-order valence-corrected chi connectivity index (χ0v) is 15.9. The first-order valence-electron chi connectivity index (χ1n) is 9.11. The number of rotatable bonds is 6. The molecule has 3 aromatic carbocycles.